The summed E-state index contributed by atoms with van der Waals surface area (Å²) in [6, 6.07) is 26.9. The van der Waals surface area contributed by atoms with Crippen molar-refractivity contribution >= 4 is 40.9 Å². The quantitative estimate of drug-likeness (QED) is 0.0388. The average Bonchev–Trinajstić information content (AvgIpc) is 3.22. The first kappa shape index (κ1) is 42.9. The van der Waals surface area contributed by atoms with Gasteiger partial charge in [-0.2, -0.15) is 0 Å². The Morgan fingerprint density at radius 2 is 0.732 bits per heavy atom. The zero-order chi connectivity index (χ0) is 40.3. The lowest BCUT2D eigenvalue weighted by Crippen LogP contribution is -2.09. The van der Waals surface area contributed by atoms with E-state index in [9.17, 15) is 33.6 Å². The molecule has 0 bridgehead atoms. The lowest BCUT2D eigenvalue weighted by atomic mass is 10.00. The molecule has 0 unspecified atom stereocenters. The normalized spacial score (nSPS) is 10.8. The van der Waals surface area contributed by atoms with Crippen LogP contribution in [0.5, 0.6) is 0 Å². The van der Waals surface area contributed by atoms with Gasteiger partial charge in [-0.05, 0) is 81.7 Å². The maximum Gasteiger partial charge on any atom is 0.338 e. The summed E-state index contributed by atoms with van der Waals surface area (Å²) < 4.78 is 10.7. The van der Waals surface area contributed by atoms with Crippen LogP contribution in [0.2, 0.25) is 0 Å². The van der Waals surface area contributed by atoms with E-state index in [2.05, 4.69) is 0 Å². The van der Waals surface area contributed by atoms with Crippen LogP contribution in [0.1, 0.15) is 163 Å². The van der Waals surface area contributed by atoms with Gasteiger partial charge in [0, 0.05) is 53.5 Å². The zero-order valence-corrected chi connectivity index (χ0v) is 32.3. The molecule has 0 N–H and O–H groups in total. The molecule has 9 heteroatoms. The maximum absolute atomic E-state index is 12.7. The monoisotopic (exact) mass is 758 g/mol. The van der Waals surface area contributed by atoms with Crippen LogP contribution in [0.25, 0.3) is 0 Å². The number of Topliss-reactive ketones (excluding diaryl/α,β-unsaturated/α-hetero) is 5. The standard InChI is InChI=1S/C47H50O9/c1-3-4-11-42(49)38-23-27-41(28-24-38)47(54)56-32-9-14-45(52)36-17-15-34(16-18-36)10-7-8-31-55-46(53)40-29-25-39(26-30-40)44(51)13-6-5-12-43(50)37-21-19-35(20-22-37)33(2)48/h15-30H,3-14,31-32H2,1-2H3. The molecule has 0 atom stereocenters. The molecule has 292 valence electrons. The molecule has 0 spiro atoms. The first-order chi connectivity index (χ1) is 27.0. The van der Waals surface area contributed by atoms with Crippen molar-refractivity contribution in [2.75, 3.05) is 13.2 Å². The molecule has 0 aliphatic carbocycles. The fourth-order valence-corrected chi connectivity index (χ4v) is 5.98. The van der Waals surface area contributed by atoms with Crippen molar-refractivity contribution in [1.29, 1.82) is 0 Å². The van der Waals surface area contributed by atoms with Crippen LogP contribution in [0.4, 0.5) is 0 Å². The number of carbonyl (C=O) groups excluding carboxylic acids is 7. The van der Waals surface area contributed by atoms with E-state index in [-0.39, 0.29) is 48.6 Å². The Bertz CT molecular complexity index is 1960. The van der Waals surface area contributed by atoms with Gasteiger partial charge in [0.25, 0.3) is 0 Å². The van der Waals surface area contributed by atoms with Crippen LogP contribution in [0, 0.1) is 0 Å². The van der Waals surface area contributed by atoms with E-state index in [4.69, 9.17) is 9.47 Å². The van der Waals surface area contributed by atoms with Gasteiger partial charge in [-0.3, -0.25) is 24.0 Å². The van der Waals surface area contributed by atoms with Crippen molar-refractivity contribution in [3.63, 3.8) is 0 Å². The minimum Gasteiger partial charge on any atom is -0.462 e. The van der Waals surface area contributed by atoms with E-state index in [0.717, 1.165) is 31.2 Å². The maximum atomic E-state index is 12.7. The second kappa shape index (κ2) is 22.5. The largest absolute Gasteiger partial charge is 0.462 e. The number of unbranched alkanes of at least 4 members (excludes halogenated alkanes) is 3. The van der Waals surface area contributed by atoms with Crippen LogP contribution in [-0.4, -0.2) is 54.1 Å². The predicted molar refractivity (Wildman–Crippen MR) is 214 cm³/mol. The van der Waals surface area contributed by atoms with Crippen LogP contribution in [-0.2, 0) is 15.9 Å². The molecule has 4 aromatic rings. The minimum atomic E-state index is -0.487. The van der Waals surface area contributed by atoms with E-state index >= 15 is 0 Å². The Labute approximate surface area is 328 Å². The summed E-state index contributed by atoms with van der Waals surface area (Å²) in [6.07, 6.45) is 6.85. The van der Waals surface area contributed by atoms with Gasteiger partial charge in [-0.25, -0.2) is 9.59 Å². The molecular formula is C47H50O9. The highest BCUT2D eigenvalue weighted by Crippen LogP contribution is 2.16. The Hall–Kier alpha value is -5.83. The molecule has 0 aliphatic rings. The van der Waals surface area contributed by atoms with Crippen molar-refractivity contribution < 1.29 is 43.0 Å². The van der Waals surface area contributed by atoms with Gasteiger partial charge in [0.05, 0.1) is 24.3 Å². The molecule has 0 saturated heterocycles. The summed E-state index contributed by atoms with van der Waals surface area (Å²) in [7, 11) is 0. The molecule has 4 aromatic carbocycles. The molecule has 9 nitrogen and oxygen atoms in total. The van der Waals surface area contributed by atoms with Crippen molar-refractivity contribution in [1.82, 2.24) is 0 Å². The summed E-state index contributed by atoms with van der Waals surface area (Å²) in [5, 5.41) is 0. The van der Waals surface area contributed by atoms with Gasteiger partial charge >= 0.3 is 11.9 Å². The number of ether oxygens (including phenoxy) is 2. The summed E-state index contributed by atoms with van der Waals surface area (Å²) in [5.74, 6) is -1.06. The summed E-state index contributed by atoms with van der Waals surface area (Å²) in [6.45, 7) is 3.88. The summed E-state index contributed by atoms with van der Waals surface area (Å²) in [5.41, 5.74) is 4.57. The Morgan fingerprint density at radius 1 is 0.393 bits per heavy atom. The lowest BCUT2D eigenvalue weighted by Gasteiger charge is -2.07. The number of ketones is 5. The second-order valence-corrected chi connectivity index (χ2v) is 13.8. The van der Waals surface area contributed by atoms with Gasteiger partial charge in [0.1, 0.15) is 0 Å². The second-order valence-electron chi connectivity index (χ2n) is 13.8. The smallest absolute Gasteiger partial charge is 0.338 e. The highest BCUT2D eigenvalue weighted by atomic mass is 16.5. The van der Waals surface area contributed by atoms with Crippen molar-refractivity contribution in [2.24, 2.45) is 0 Å². The van der Waals surface area contributed by atoms with E-state index in [1.807, 2.05) is 19.1 Å². The number of benzene rings is 4. The van der Waals surface area contributed by atoms with Gasteiger partial charge in [0.2, 0.25) is 0 Å². The van der Waals surface area contributed by atoms with Crippen molar-refractivity contribution in [3.8, 4) is 0 Å². The number of rotatable bonds is 24. The van der Waals surface area contributed by atoms with Crippen molar-refractivity contribution in [2.45, 2.75) is 90.9 Å². The molecule has 0 saturated carbocycles. The molecule has 0 heterocycles. The molecule has 0 radical (unpaired) electrons. The first-order valence-corrected chi connectivity index (χ1v) is 19.4. The Balaban J connectivity index is 1.06. The van der Waals surface area contributed by atoms with Gasteiger partial charge in [-0.15, -0.1) is 0 Å². The Morgan fingerprint density at radius 3 is 1.14 bits per heavy atom. The SMILES string of the molecule is CCCCC(=O)c1ccc(C(=O)OCCCC(=O)c2ccc(CCCCOC(=O)c3ccc(C(=O)CCCCC(=O)c4ccc(C(C)=O)cc4)cc3)cc2)cc1. The molecule has 0 aromatic heterocycles. The molecule has 56 heavy (non-hydrogen) atoms. The number of hydrogen-bond donors (Lipinski definition) is 0. The lowest BCUT2D eigenvalue weighted by molar-refractivity contribution is 0.0488. The number of carbonyl (C=O) groups is 7. The summed E-state index contributed by atoms with van der Waals surface area (Å²) in [4.78, 5) is 86.2. The molecule has 0 fully saturated rings. The van der Waals surface area contributed by atoms with E-state index in [1.165, 1.54) is 6.92 Å². The molecule has 4 rings (SSSR count). The Kier molecular flexibility index (Phi) is 17.3. The highest BCUT2D eigenvalue weighted by molar-refractivity contribution is 6.00. The zero-order valence-electron chi connectivity index (χ0n) is 32.3. The minimum absolute atomic E-state index is 0.0257. The van der Waals surface area contributed by atoms with E-state index < -0.39 is 11.9 Å². The average molecular weight is 759 g/mol. The molecule has 0 aliphatic heterocycles. The van der Waals surface area contributed by atoms with Crippen molar-refractivity contribution in [3.05, 3.63) is 142 Å². The first-order valence-electron chi connectivity index (χ1n) is 19.4. The van der Waals surface area contributed by atoms with Gasteiger partial charge < -0.3 is 9.47 Å². The molecule has 0 amide bonds. The van der Waals surface area contributed by atoms with E-state index in [0.29, 0.717) is 83.9 Å². The van der Waals surface area contributed by atoms with Crippen LogP contribution in [0.15, 0.2) is 97.1 Å². The number of hydrogen-bond acceptors (Lipinski definition) is 9. The van der Waals surface area contributed by atoms with Crippen LogP contribution >= 0.6 is 0 Å². The van der Waals surface area contributed by atoms with Crippen LogP contribution < -0.4 is 0 Å². The number of esters is 2. The predicted octanol–water partition coefficient (Wildman–Crippen LogP) is 9.89. The van der Waals surface area contributed by atoms with Gasteiger partial charge in [0.15, 0.2) is 28.9 Å². The van der Waals surface area contributed by atoms with Crippen LogP contribution in [0.3, 0.4) is 0 Å². The van der Waals surface area contributed by atoms with Gasteiger partial charge in [-0.1, -0.05) is 86.1 Å². The third kappa shape index (κ3) is 13.8. The fraction of sp³-hybridized carbons (Fsp3) is 0.340. The third-order valence-electron chi connectivity index (χ3n) is 9.46. The third-order valence-corrected chi connectivity index (χ3v) is 9.46. The number of aryl methyl sites for hydroxylation is 1. The fourth-order valence-electron chi connectivity index (χ4n) is 5.98. The molecular weight excluding hydrogens is 709 g/mol. The topological polar surface area (TPSA) is 138 Å². The van der Waals surface area contributed by atoms with E-state index in [1.54, 1.807) is 84.9 Å². The highest BCUT2D eigenvalue weighted by Gasteiger charge is 2.14. The summed E-state index contributed by atoms with van der Waals surface area (Å²) >= 11 is 0.